The Kier molecular flexibility index (Phi) is 6.68. The van der Waals surface area contributed by atoms with Gasteiger partial charge in [-0.25, -0.2) is 9.97 Å². The highest BCUT2D eigenvalue weighted by Crippen LogP contribution is 2.27. The maximum absolute atomic E-state index is 13.0. The molecule has 1 atom stereocenters. The summed E-state index contributed by atoms with van der Waals surface area (Å²) in [6.07, 6.45) is 7.00. The minimum absolute atomic E-state index is 0.0399. The van der Waals surface area contributed by atoms with E-state index in [2.05, 4.69) is 9.97 Å². The number of rotatable bonds is 6. The van der Waals surface area contributed by atoms with Crippen molar-refractivity contribution in [2.45, 2.75) is 22.9 Å². The van der Waals surface area contributed by atoms with Gasteiger partial charge in [-0.05, 0) is 31.2 Å². The zero-order chi connectivity index (χ0) is 18.4. The summed E-state index contributed by atoms with van der Waals surface area (Å²) in [6.45, 7) is 1.21. The average Bonchev–Trinajstić information content (AvgIpc) is 2.72. The smallest absolute Gasteiger partial charge is 0.233 e. The second kappa shape index (κ2) is 9.19. The average molecular weight is 388 g/mol. The Morgan fingerprint density at radius 3 is 2.73 bits per heavy atom. The summed E-state index contributed by atoms with van der Waals surface area (Å²) in [5, 5.41) is 0.597. The molecule has 2 heterocycles. The predicted octanol–water partition coefficient (Wildman–Crippen LogP) is 3.41. The normalized spacial score (nSPS) is 17.1. The van der Waals surface area contributed by atoms with Crippen LogP contribution in [0.2, 0.25) is 0 Å². The number of Topliss-reactive ketones (excluding diaryl/α,β-unsaturated/α-hetero) is 1. The minimum Gasteiger partial charge on any atom is -0.341 e. The quantitative estimate of drug-likeness (QED) is 0.430. The summed E-state index contributed by atoms with van der Waals surface area (Å²) in [6, 6.07) is 9.45. The van der Waals surface area contributed by atoms with Gasteiger partial charge in [0.1, 0.15) is 0 Å². The number of aromatic nitrogens is 2. The molecule has 5 nitrogen and oxygen atoms in total. The van der Waals surface area contributed by atoms with Crippen molar-refractivity contribution in [3.63, 3.8) is 0 Å². The standard InChI is InChI=1S/C19H21N3O2S2/c1-25-16-8-3-2-7-15(16)18(24)14-6-4-11-22(12-14)17(23)13-26-19-20-9-5-10-21-19/h2-3,5,7-10,14H,4,6,11-13H2,1H3. The molecule has 1 aromatic carbocycles. The molecule has 0 radical (unpaired) electrons. The fourth-order valence-corrected chi connectivity index (χ4v) is 4.37. The number of amides is 1. The van der Waals surface area contributed by atoms with Gasteiger partial charge in [0, 0.05) is 41.9 Å². The van der Waals surface area contributed by atoms with Gasteiger partial charge >= 0.3 is 0 Å². The monoisotopic (exact) mass is 387 g/mol. The van der Waals surface area contributed by atoms with E-state index in [1.807, 2.05) is 35.4 Å². The Bertz CT molecular complexity index is 770. The van der Waals surface area contributed by atoms with E-state index < -0.39 is 0 Å². The molecule has 136 valence electrons. The molecule has 0 saturated carbocycles. The van der Waals surface area contributed by atoms with Gasteiger partial charge in [-0.2, -0.15) is 0 Å². The van der Waals surface area contributed by atoms with E-state index in [-0.39, 0.29) is 17.6 Å². The first-order valence-corrected chi connectivity index (χ1v) is 10.7. The molecule has 0 aliphatic carbocycles. The largest absolute Gasteiger partial charge is 0.341 e. The lowest BCUT2D eigenvalue weighted by Gasteiger charge is -2.32. The van der Waals surface area contributed by atoms with Crippen LogP contribution >= 0.6 is 23.5 Å². The number of ketones is 1. The third kappa shape index (κ3) is 4.65. The lowest BCUT2D eigenvalue weighted by Crippen LogP contribution is -2.43. The summed E-state index contributed by atoms with van der Waals surface area (Å²) in [7, 11) is 0. The van der Waals surface area contributed by atoms with Gasteiger partial charge in [0.05, 0.1) is 5.75 Å². The van der Waals surface area contributed by atoms with Gasteiger partial charge in [0.25, 0.3) is 0 Å². The molecule has 1 aliphatic rings. The molecule has 1 aliphatic heterocycles. The van der Waals surface area contributed by atoms with E-state index in [4.69, 9.17) is 0 Å². The summed E-state index contributed by atoms with van der Waals surface area (Å²) in [4.78, 5) is 36.5. The summed E-state index contributed by atoms with van der Waals surface area (Å²) >= 11 is 2.91. The van der Waals surface area contributed by atoms with Crippen LogP contribution in [0.4, 0.5) is 0 Å². The number of nitrogens with zero attached hydrogens (tertiary/aromatic N) is 3. The van der Waals surface area contributed by atoms with Crippen molar-refractivity contribution >= 4 is 35.2 Å². The highest BCUT2D eigenvalue weighted by molar-refractivity contribution is 7.99. The van der Waals surface area contributed by atoms with Crippen LogP contribution in [-0.2, 0) is 4.79 Å². The number of hydrogen-bond donors (Lipinski definition) is 0. The van der Waals surface area contributed by atoms with Gasteiger partial charge in [0.2, 0.25) is 5.91 Å². The van der Waals surface area contributed by atoms with E-state index in [0.29, 0.717) is 24.0 Å². The molecular formula is C19H21N3O2S2. The molecule has 1 unspecified atom stereocenters. The van der Waals surface area contributed by atoms with Gasteiger partial charge in [-0.3, -0.25) is 9.59 Å². The van der Waals surface area contributed by atoms with Crippen molar-refractivity contribution < 1.29 is 9.59 Å². The topological polar surface area (TPSA) is 63.2 Å². The minimum atomic E-state index is -0.126. The molecular weight excluding hydrogens is 366 g/mol. The molecule has 7 heteroatoms. The Hall–Kier alpha value is -1.86. The third-order valence-corrected chi connectivity index (χ3v) is 6.04. The molecule has 0 N–H and O–H groups in total. The van der Waals surface area contributed by atoms with E-state index in [1.54, 1.807) is 30.2 Å². The number of carbonyl (C=O) groups is 2. The number of piperidine rings is 1. The first kappa shape index (κ1) is 18.9. The molecule has 0 bridgehead atoms. The summed E-state index contributed by atoms with van der Waals surface area (Å²) < 4.78 is 0. The first-order chi connectivity index (χ1) is 12.7. The maximum Gasteiger partial charge on any atom is 0.233 e. The Morgan fingerprint density at radius 2 is 1.96 bits per heavy atom. The highest BCUT2D eigenvalue weighted by Gasteiger charge is 2.29. The summed E-state index contributed by atoms with van der Waals surface area (Å²) in [5.41, 5.74) is 0.770. The van der Waals surface area contributed by atoms with Crippen LogP contribution in [0, 0.1) is 5.92 Å². The fraction of sp³-hybridized carbons (Fsp3) is 0.368. The van der Waals surface area contributed by atoms with Crippen molar-refractivity contribution in [3.8, 4) is 0 Å². The Morgan fingerprint density at radius 1 is 1.19 bits per heavy atom. The molecule has 2 aromatic rings. The SMILES string of the molecule is CSc1ccccc1C(=O)C1CCCN(C(=O)CSc2ncccn2)C1. The van der Waals surface area contributed by atoms with Crippen LogP contribution in [0.1, 0.15) is 23.2 Å². The van der Waals surface area contributed by atoms with E-state index in [1.165, 1.54) is 11.8 Å². The molecule has 1 fully saturated rings. The van der Waals surface area contributed by atoms with Crippen molar-refractivity contribution in [3.05, 3.63) is 48.3 Å². The Labute approximate surface area is 162 Å². The summed E-state index contributed by atoms with van der Waals surface area (Å²) in [5.74, 6) is 0.357. The Balaban J connectivity index is 1.61. The zero-order valence-electron chi connectivity index (χ0n) is 14.6. The molecule has 1 aromatic heterocycles. The lowest BCUT2D eigenvalue weighted by molar-refractivity contribution is -0.129. The molecule has 26 heavy (non-hydrogen) atoms. The van der Waals surface area contributed by atoms with Crippen molar-refractivity contribution in [2.75, 3.05) is 25.1 Å². The van der Waals surface area contributed by atoms with Crippen LogP contribution in [0.15, 0.2) is 52.8 Å². The number of hydrogen-bond acceptors (Lipinski definition) is 6. The second-order valence-corrected chi connectivity index (χ2v) is 7.85. The lowest BCUT2D eigenvalue weighted by atomic mass is 9.90. The highest BCUT2D eigenvalue weighted by atomic mass is 32.2. The van der Waals surface area contributed by atoms with Crippen LogP contribution in [0.5, 0.6) is 0 Å². The molecule has 1 amide bonds. The van der Waals surface area contributed by atoms with Crippen LogP contribution in [0.25, 0.3) is 0 Å². The molecule has 0 spiro atoms. The number of benzene rings is 1. The van der Waals surface area contributed by atoms with Gasteiger partial charge in [-0.15, -0.1) is 11.8 Å². The van der Waals surface area contributed by atoms with Crippen molar-refractivity contribution in [2.24, 2.45) is 5.92 Å². The predicted molar refractivity (Wildman–Crippen MR) is 105 cm³/mol. The van der Waals surface area contributed by atoms with Crippen LogP contribution < -0.4 is 0 Å². The first-order valence-electron chi connectivity index (χ1n) is 8.54. The number of carbonyl (C=O) groups excluding carboxylic acids is 2. The van der Waals surface area contributed by atoms with E-state index in [0.717, 1.165) is 23.3 Å². The maximum atomic E-state index is 13.0. The van der Waals surface area contributed by atoms with Crippen LogP contribution in [0.3, 0.4) is 0 Å². The zero-order valence-corrected chi connectivity index (χ0v) is 16.3. The van der Waals surface area contributed by atoms with Gasteiger partial charge < -0.3 is 4.90 Å². The second-order valence-electron chi connectivity index (χ2n) is 6.06. The third-order valence-electron chi connectivity index (χ3n) is 4.38. The van der Waals surface area contributed by atoms with Gasteiger partial charge in [-0.1, -0.05) is 30.0 Å². The molecule has 1 saturated heterocycles. The van der Waals surface area contributed by atoms with Crippen molar-refractivity contribution in [1.82, 2.24) is 14.9 Å². The van der Waals surface area contributed by atoms with Crippen molar-refractivity contribution in [1.29, 1.82) is 0 Å². The van der Waals surface area contributed by atoms with Gasteiger partial charge in [0.15, 0.2) is 10.9 Å². The fourth-order valence-electron chi connectivity index (χ4n) is 3.06. The van der Waals surface area contributed by atoms with Crippen LogP contribution in [-0.4, -0.2) is 51.7 Å². The van der Waals surface area contributed by atoms with E-state index in [9.17, 15) is 9.59 Å². The molecule has 3 rings (SSSR count). The number of thioether (sulfide) groups is 2. The number of likely N-dealkylation sites (tertiary alicyclic amines) is 1. The van der Waals surface area contributed by atoms with E-state index >= 15 is 0 Å².